The summed E-state index contributed by atoms with van der Waals surface area (Å²) in [6, 6.07) is 15.6. The first-order valence-corrected chi connectivity index (χ1v) is 8.33. The van der Waals surface area contributed by atoms with Crippen LogP contribution in [0.4, 0.5) is 5.82 Å². The zero-order valence-corrected chi connectivity index (χ0v) is 13.7. The first-order valence-electron chi connectivity index (χ1n) is 8.33. The van der Waals surface area contributed by atoms with Crippen LogP contribution >= 0.6 is 0 Å². The van der Waals surface area contributed by atoms with Crippen LogP contribution in [0.2, 0.25) is 0 Å². The Balaban J connectivity index is 1.62. The molecule has 1 fully saturated rings. The summed E-state index contributed by atoms with van der Waals surface area (Å²) in [5, 5.41) is 19.7. The van der Waals surface area contributed by atoms with E-state index in [0.717, 1.165) is 44.0 Å². The van der Waals surface area contributed by atoms with Crippen molar-refractivity contribution in [1.82, 2.24) is 9.88 Å². The van der Waals surface area contributed by atoms with Crippen LogP contribution in [0.15, 0.2) is 48.7 Å². The fourth-order valence-electron chi connectivity index (χ4n) is 3.13. The number of rotatable bonds is 4. The first kappa shape index (κ1) is 16.4. The number of benzene rings is 1. The summed E-state index contributed by atoms with van der Waals surface area (Å²) < 4.78 is 0. The van der Waals surface area contributed by atoms with Gasteiger partial charge in [-0.25, -0.2) is 4.98 Å². The van der Waals surface area contributed by atoms with Crippen molar-refractivity contribution in [2.45, 2.75) is 12.5 Å². The third-order valence-corrected chi connectivity index (χ3v) is 4.41. The van der Waals surface area contributed by atoms with Crippen molar-refractivity contribution in [1.29, 1.82) is 5.26 Å². The number of hydrogen-bond donors (Lipinski definition) is 1. The summed E-state index contributed by atoms with van der Waals surface area (Å²) in [6.45, 7) is 4.11. The summed E-state index contributed by atoms with van der Waals surface area (Å²) in [6.07, 6.45) is 2.25. The van der Waals surface area contributed by atoms with Gasteiger partial charge in [0.05, 0.1) is 11.7 Å². The molecule has 5 heteroatoms. The summed E-state index contributed by atoms with van der Waals surface area (Å²) in [7, 11) is 0. The Kier molecular flexibility index (Phi) is 5.42. The van der Waals surface area contributed by atoms with E-state index in [9.17, 15) is 10.4 Å². The van der Waals surface area contributed by atoms with E-state index in [-0.39, 0.29) is 0 Å². The third kappa shape index (κ3) is 3.91. The molecule has 1 aliphatic rings. The molecule has 0 amide bonds. The number of anilines is 1. The molecule has 3 rings (SSSR count). The number of aromatic nitrogens is 1. The second-order valence-corrected chi connectivity index (χ2v) is 6.05. The monoisotopic (exact) mass is 322 g/mol. The molecule has 0 spiro atoms. The van der Waals surface area contributed by atoms with Gasteiger partial charge in [-0.3, -0.25) is 4.90 Å². The zero-order valence-electron chi connectivity index (χ0n) is 13.7. The highest BCUT2D eigenvalue weighted by Crippen LogP contribution is 2.19. The van der Waals surface area contributed by atoms with Crippen molar-refractivity contribution in [3.05, 3.63) is 59.8 Å². The molecule has 5 nitrogen and oxygen atoms in total. The van der Waals surface area contributed by atoms with Crippen LogP contribution < -0.4 is 4.90 Å². The van der Waals surface area contributed by atoms with Crippen molar-refractivity contribution in [3.63, 3.8) is 0 Å². The second kappa shape index (κ2) is 7.91. The summed E-state index contributed by atoms with van der Waals surface area (Å²) >= 11 is 0. The average Bonchev–Trinajstić information content (AvgIpc) is 2.88. The minimum Gasteiger partial charge on any atom is -0.387 e. The van der Waals surface area contributed by atoms with Gasteiger partial charge in [-0.1, -0.05) is 30.3 Å². The molecule has 0 bridgehead atoms. The molecule has 124 valence electrons. The smallest absolute Gasteiger partial charge is 0.146 e. The molecule has 1 atom stereocenters. The Bertz CT molecular complexity index is 698. The maximum absolute atomic E-state index is 10.4. The van der Waals surface area contributed by atoms with Crippen molar-refractivity contribution >= 4 is 5.82 Å². The predicted octanol–water partition coefficient (Wildman–Crippen LogP) is 2.20. The summed E-state index contributed by atoms with van der Waals surface area (Å²) in [5.41, 5.74) is 1.57. The maximum Gasteiger partial charge on any atom is 0.146 e. The van der Waals surface area contributed by atoms with Gasteiger partial charge >= 0.3 is 0 Å². The molecular weight excluding hydrogens is 300 g/mol. The molecule has 0 aliphatic carbocycles. The molecule has 24 heavy (non-hydrogen) atoms. The molecule has 2 aromatic rings. The minimum atomic E-state index is -0.470. The van der Waals surface area contributed by atoms with E-state index >= 15 is 0 Å². The van der Waals surface area contributed by atoms with E-state index in [2.05, 4.69) is 20.9 Å². The van der Waals surface area contributed by atoms with E-state index in [4.69, 9.17) is 0 Å². The van der Waals surface area contributed by atoms with Gasteiger partial charge in [0.25, 0.3) is 0 Å². The Hall–Kier alpha value is -2.42. The number of nitrogens with zero attached hydrogens (tertiary/aromatic N) is 4. The molecule has 1 aromatic heterocycles. The van der Waals surface area contributed by atoms with E-state index in [0.29, 0.717) is 12.1 Å². The maximum atomic E-state index is 10.4. The lowest BCUT2D eigenvalue weighted by atomic mass is 10.1. The molecule has 1 aliphatic heterocycles. The van der Waals surface area contributed by atoms with Gasteiger partial charge in [-0.2, -0.15) is 5.26 Å². The number of nitriles is 1. The van der Waals surface area contributed by atoms with E-state index in [1.807, 2.05) is 36.4 Å². The van der Waals surface area contributed by atoms with Crippen molar-refractivity contribution in [2.24, 2.45) is 0 Å². The minimum absolute atomic E-state index is 0.470. The lowest BCUT2D eigenvalue weighted by molar-refractivity contribution is 0.117. The van der Waals surface area contributed by atoms with Crippen LogP contribution in [-0.4, -0.2) is 47.7 Å². The second-order valence-electron chi connectivity index (χ2n) is 6.05. The molecule has 1 saturated heterocycles. The standard InChI is InChI=1S/C19H22N4O/c20-14-17-8-4-9-21-19(17)23-11-5-10-22(12-13-23)15-18(24)16-6-2-1-3-7-16/h1-4,6-9,18,24H,5,10-13,15H2/t18-/m1/s1. The number of hydrogen-bond acceptors (Lipinski definition) is 5. The highest BCUT2D eigenvalue weighted by atomic mass is 16.3. The number of β-amino-alcohol motifs (C(OH)–C–C–N with tert-alkyl or cyclic N) is 1. The van der Waals surface area contributed by atoms with Gasteiger partial charge in [0.1, 0.15) is 11.9 Å². The van der Waals surface area contributed by atoms with Crippen molar-refractivity contribution in [3.8, 4) is 6.07 Å². The summed E-state index contributed by atoms with van der Waals surface area (Å²) in [4.78, 5) is 8.84. The average molecular weight is 322 g/mol. The number of aliphatic hydroxyl groups excluding tert-OH is 1. The van der Waals surface area contributed by atoms with E-state index in [1.165, 1.54) is 0 Å². The van der Waals surface area contributed by atoms with Crippen molar-refractivity contribution in [2.75, 3.05) is 37.6 Å². The van der Waals surface area contributed by atoms with E-state index in [1.54, 1.807) is 12.3 Å². The van der Waals surface area contributed by atoms with Crippen LogP contribution in [0.25, 0.3) is 0 Å². The highest BCUT2D eigenvalue weighted by molar-refractivity contribution is 5.53. The van der Waals surface area contributed by atoms with Gasteiger partial charge in [0.2, 0.25) is 0 Å². The van der Waals surface area contributed by atoms with Gasteiger partial charge in [-0.15, -0.1) is 0 Å². The molecule has 0 saturated carbocycles. The lowest BCUT2D eigenvalue weighted by Crippen LogP contribution is -2.34. The largest absolute Gasteiger partial charge is 0.387 e. The molecule has 2 heterocycles. The SMILES string of the molecule is N#Cc1cccnc1N1CCCN(C[C@@H](O)c2ccccc2)CC1. The molecule has 0 radical (unpaired) electrons. The van der Waals surface area contributed by atoms with E-state index < -0.39 is 6.10 Å². The first-order chi connectivity index (χ1) is 11.8. The van der Waals surface area contributed by atoms with Gasteiger partial charge in [0, 0.05) is 38.9 Å². The van der Waals surface area contributed by atoms with Gasteiger partial charge < -0.3 is 10.0 Å². The van der Waals surface area contributed by atoms with Gasteiger partial charge in [0.15, 0.2) is 0 Å². The molecule has 1 aromatic carbocycles. The summed E-state index contributed by atoms with van der Waals surface area (Å²) in [5.74, 6) is 0.769. The van der Waals surface area contributed by atoms with Gasteiger partial charge in [-0.05, 0) is 24.1 Å². The van der Waals surface area contributed by atoms with Crippen LogP contribution in [0.5, 0.6) is 0 Å². The fourth-order valence-corrected chi connectivity index (χ4v) is 3.13. The lowest BCUT2D eigenvalue weighted by Gasteiger charge is -2.25. The van der Waals surface area contributed by atoms with Crippen molar-refractivity contribution < 1.29 is 5.11 Å². The normalized spacial score (nSPS) is 17.1. The van der Waals surface area contributed by atoms with Crippen LogP contribution in [0.3, 0.4) is 0 Å². The quantitative estimate of drug-likeness (QED) is 0.935. The molecular formula is C19H22N4O. The third-order valence-electron chi connectivity index (χ3n) is 4.41. The van der Waals surface area contributed by atoms with Crippen LogP contribution in [-0.2, 0) is 0 Å². The van der Waals surface area contributed by atoms with Crippen LogP contribution in [0, 0.1) is 11.3 Å². The highest BCUT2D eigenvalue weighted by Gasteiger charge is 2.20. The van der Waals surface area contributed by atoms with Crippen LogP contribution in [0.1, 0.15) is 23.7 Å². The Morgan fingerprint density at radius 1 is 1.08 bits per heavy atom. The Morgan fingerprint density at radius 2 is 1.92 bits per heavy atom. The zero-order chi connectivity index (χ0) is 16.8. The molecule has 0 unspecified atom stereocenters. The Morgan fingerprint density at radius 3 is 2.71 bits per heavy atom. The molecule has 1 N–H and O–H groups in total. The predicted molar refractivity (Wildman–Crippen MR) is 93.6 cm³/mol. The topological polar surface area (TPSA) is 63.4 Å². The fraction of sp³-hybridized carbons (Fsp3) is 0.368. The Labute approximate surface area is 142 Å². The number of aliphatic hydroxyl groups is 1. The number of pyridine rings is 1.